The number of benzene rings is 1. The lowest BCUT2D eigenvalue weighted by molar-refractivity contribution is -0.605. The lowest BCUT2D eigenvalue weighted by Crippen LogP contribution is -2.35. The number of pyridine rings is 1. The van der Waals surface area contributed by atoms with E-state index in [1.807, 2.05) is 36.4 Å². The predicted octanol–water partition coefficient (Wildman–Crippen LogP) is 2.56. The summed E-state index contributed by atoms with van der Waals surface area (Å²) in [7, 11) is -4.64. The Hall–Kier alpha value is -1.96. The third-order valence-corrected chi connectivity index (χ3v) is 4.62. The largest absolute Gasteiger partial charge is 0.619 e. The number of hydrogen-bond donors (Lipinski definition) is 3. The summed E-state index contributed by atoms with van der Waals surface area (Å²) in [6.45, 7) is 6.69. The molecule has 1 atom stereocenters. The van der Waals surface area contributed by atoms with Crippen LogP contribution in [0.25, 0.3) is 11.1 Å². The number of nitrogens with zero attached hydrogens (tertiary/aromatic N) is 2. The maximum absolute atomic E-state index is 11.1. The smallest absolute Gasteiger partial charge is 0.466 e. The highest BCUT2D eigenvalue weighted by atomic mass is 31.2. The molecule has 1 unspecified atom stereocenters. The Morgan fingerprint density at radius 3 is 2.31 bits per heavy atom. The second kappa shape index (κ2) is 11.3. The summed E-state index contributed by atoms with van der Waals surface area (Å²) in [5, 5.41) is 11.1. The Bertz CT molecular complexity index is 770. The summed E-state index contributed by atoms with van der Waals surface area (Å²) in [5.41, 5.74) is 2.12. The van der Waals surface area contributed by atoms with Gasteiger partial charge in [-0.25, -0.2) is 4.57 Å². The molecule has 1 fully saturated rings. The van der Waals surface area contributed by atoms with Gasteiger partial charge in [-0.05, 0) is 55.0 Å². The monoisotopic (exact) mass is 424 g/mol. The van der Waals surface area contributed by atoms with Crippen molar-refractivity contribution < 1.29 is 28.7 Å². The Kier molecular flexibility index (Phi) is 9.07. The predicted molar refractivity (Wildman–Crippen MR) is 110 cm³/mol. The van der Waals surface area contributed by atoms with Gasteiger partial charge in [-0.2, -0.15) is 4.73 Å². The van der Waals surface area contributed by atoms with Crippen molar-refractivity contribution in [3.05, 3.63) is 54.0 Å². The lowest BCUT2D eigenvalue weighted by Gasteiger charge is -2.30. The number of likely N-dealkylation sites (tertiary alicyclic amines) is 1. The standard InChI is InChI=1S/C20H26N2O2.H3O4P/c1-17-4-2-11-21(16-17)12-3-15-24-20-7-5-18(6-8-20)19-9-13-22(23)14-10-19;1-5(2,3)4/h5-10,13-14,17H,2-4,11-12,15-16H2,1H3;(H3,1,2,3,4). The minimum atomic E-state index is -4.64. The van der Waals surface area contributed by atoms with E-state index in [1.54, 1.807) is 0 Å². The molecule has 0 saturated carbocycles. The highest BCUT2D eigenvalue weighted by molar-refractivity contribution is 7.45. The van der Waals surface area contributed by atoms with E-state index in [-0.39, 0.29) is 0 Å². The van der Waals surface area contributed by atoms with Gasteiger partial charge in [0.2, 0.25) is 0 Å². The van der Waals surface area contributed by atoms with Crippen molar-refractivity contribution in [2.24, 2.45) is 5.92 Å². The molecule has 29 heavy (non-hydrogen) atoms. The minimum Gasteiger partial charge on any atom is -0.619 e. The molecule has 8 nitrogen and oxygen atoms in total. The number of ether oxygens (including phenoxy) is 1. The maximum atomic E-state index is 11.1. The lowest BCUT2D eigenvalue weighted by atomic mass is 10.0. The third-order valence-electron chi connectivity index (χ3n) is 4.62. The van der Waals surface area contributed by atoms with E-state index in [1.165, 1.54) is 38.3 Å². The molecular formula is C20H29N2O6P. The summed E-state index contributed by atoms with van der Waals surface area (Å²) in [5.74, 6) is 1.74. The van der Waals surface area contributed by atoms with E-state index in [0.29, 0.717) is 0 Å². The van der Waals surface area contributed by atoms with Crippen molar-refractivity contribution in [3.63, 3.8) is 0 Å². The van der Waals surface area contributed by atoms with Crippen molar-refractivity contribution in [1.29, 1.82) is 0 Å². The molecule has 3 N–H and O–H groups in total. The van der Waals surface area contributed by atoms with Gasteiger partial charge in [0, 0.05) is 25.2 Å². The molecule has 0 aliphatic carbocycles. The van der Waals surface area contributed by atoms with E-state index >= 15 is 0 Å². The summed E-state index contributed by atoms with van der Waals surface area (Å²) in [4.78, 5) is 24.1. The second-order valence-corrected chi connectivity index (χ2v) is 8.26. The zero-order valence-electron chi connectivity index (χ0n) is 16.6. The van der Waals surface area contributed by atoms with E-state index in [9.17, 15) is 5.21 Å². The normalized spacial score (nSPS) is 17.3. The third kappa shape index (κ3) is 9.87. The molecule has 2 aromatic rings. The minimum absolute atomic E-state index is 0.756. The Morgan fingerprint density at radius 2 is 1.72 bits per heavy atom. The Morgan fingerprint density at radius 1 is 1.14 bits per heavy atom. The molecule has 0 bridgehead atoms. The summed E-state index contributed by atoms with van der Waals surface area (Å²) in [6, 6.07) is 11.7. The van der Waals surface area contributed by atoms with Crippen LogP contribution in [0.2, 0.25) is 0 Å². The molecule has 1 aromatic carbocycles. The first-order valence-corrected chi connectivity index (χ1v) is 11.2. The van der Waals surface area contributed by atoms with E-state index in [2.05, 4.69) is 11.8 Å². The van der Waals surface area contributed by atoms with Crippen LogP contribution >= 0.6 is 7.82 Å². The van der Waals surface area contributed by atoms with Gasteiger partial charge in [0.15, 0.2) is 12.4 Å². The molecular weight excluding hydrogens is 395 g/mol. The number of rotatable bonds is 6. The van der Waals surface area contributed by atoms with Gasteiger partial charge in [-0.1, -0.05) is 19.1 Å². The number of aromatic nitrogens is 1. The fourth-order valence-corrected chi connectivity index (χ4v) is 3.32. The fraction of sp³-hybridized carbons (Fsp3) is 0.450. The van der Waals surface area contributed by atoms with Gasteiger partial charge in [-0.15, -0.1) is 0 Å². The molecule has 1 aromatic heterocycles. The van der Waals surface area contributed by atoms with Crippen LogP contribution < -0.4 is 9.47 Å². The van der Waals surface area contributed by atoms with Gasteiger partial charge in [0.05, 0.1) is 6.61 Å². The summed E-state index contributed by atoms with van der Waals surface area (Å²) >= 11 is 0. The molecule has 0 spiro atoms. The van der Waals surface area contributed by atoms with Crippen molar-refractivity contribution >= 4 is 7.82 Å². The number of phosphoric acid groups is 1. The van der Waals surface area contributed by atoms with Crippen molar-refractivity contribution in [2.75, 3.05) is 26.2 Å². The molecule has 1 aliphatic rings. The van der Waals surface area contributed by atoms with Crippen LogP contribution in [0, 0.1) is 11.1 Å². The first-order chi connectivity index (χ1) is 13.7. The molecule has 9 heteroatoms. The molecule has 3 rings (SSSR count). The van der Waals surface area contributed by atoms with E-state index in [0.717, 1.165) is 47.1 Å². The quantitative estimate of drug-likeness (QED) is 0.282. The number of hydrogen-bond acceptors (Lipinski definition) is 4. The van der Waals surface area contributed by atoms with Crippen molar-refractivity contribution in [2.45, 2.75) is 26.2 Å². The first-order valence-electron chi connectivity index (χ1n) is 9.63. The van der Waals surface area contributed by atoms with Gasteiger partial charge in [0.1, 0.15) is 5.75 Å². The average molecular weight is 424 g/mol. The second-order valence-electron chi connectivity index (χ2n) is 7.23. The summed E-state index contributed by atoms with van der Waals surface area (Å²) < 4.78 is 15.5. The van der Waals surface area contributed by atoms with Crippen molar-refractivity contribution in [3.8, 4) is 16.9 Å². The topological polar surface area (TPSA) is 117 Å². The van der Waals surface area contributed by atoms with Gasteiger partial charge in [-0.3, -0.25) is 0 Å². The van der Waals surface area contributed by atoms with E-state index < -0.39 is 7.82 Å². The molecule has 1 aliphatic heterocycles. The van der Waals surface area contributed by atoms with Gasteiger partial charge in [0.25, 0.3) is 0 Å². The molecule has 160 valence electrons. The van der Waals surface area contributed by atoms with Crippen molar-refractivity contribution in [1.82, 2.24) is 4.90 Å². The first kappa shape index (κ1) is 23.3. The SMILES string of the molecule is CC1CCCN(CCCOc2ccc(-c3cc[n+]([O-])cc3)cc2)C1.O=P(O)(O)O. The van der Waals surface area contributed by atoms with Crippen LogP contribution in [0.3, 0.4) is 0 Å². The van der Waals surface area contributed by atoms with Crippen LogP contribution in [-0.4, -0.2) is 45.8 Å². The van der Waals surface area contributed by atoms with Crippen LogP contribution in [-0.2, 0) is 4.57 Å². The Labute approximate surface area is 171 Å². The van der Waals surface area contributed by atoms with Crippen LogP contribution in [0.15, 0.2) is 48.8 Å². The van der Waals surface area contributed by atoms with E-state index in [4.69, 9.17) is 24.0 Å². The molecule has 0 radical (unpaired) electrons. The maximum Gasteiger partial charge on any atom is 0.466 e. The average Bonchev–Trinajstić information content (AvgIpc) is 2.65. The zero-order valence-corrected chi connectivity index (χ0v) is 17.4. The van der Waals surface area contributed by atoms with Gasteiger partial charge >= 0.3 is 7.82 Å². The molecule has 1 saturated heterocycles. The molecule has 2 heterocycles. The zero-order chi connectivity index (χ0) is 21.3. The highest BCUT2D eigenvalue weighted by Crippen LogP contribution is 2.26. The number of piperidine rings is 1. The van der Waals surface area contributed by atoms with Gasteiger partial charge < -0.3 is 29.5 Å². The Balaban J connectivity index is 0.000000537. The highest BCUT2D eigenvalue weighted by Gasteiger charge is 2.15. The van der Waals surface area contributed by atoms with Crippen LogP contribution in [0.4, 0.5) is 0 Å². The van der Waals surface area contributed by atoms with Crippen LogP contribution in [0.5, 0.6) is 5.75 Å². The summed E-state index contributed by atoms with van der Waals surface area (Å²) in [6.07, 6.45) is 6.80. The van der Waals surface area contributed by atoms with Crippen LogP contribution in [0.1, 0.15) is 26.2 Å². The fourth-order valence-electron chi connectivity index (χ4n) is 3.32. The molecule has 0 amide bonds.